The van der Waals surface area contributed by atoms with E-state index < -0.39 is 13.2 Å². The maximum absolute atomic E-state index is 13.9. The zero-order valence-corrected chi connectivity index (χ0v) is 33.4. The van der Waals surface area contributed by atoms with E-state index in [-0.39, 0.29) is 17.8 Å². The van der Waals surface area contributed by atoms with Gasteiger partial charge in [0.2, 0.25) is 0 Å². The second kappa shape index (κ2) is 16.4. The third-order valence-corrected chi connectivity index (χ3v) is 12.6. The van der Waals surface area contributed by atoms with Gasteiger partial charge >= 0.3 is 0 Å². The van der Waals surface area contributed by atoms with Crippen LogP contribution in [0.15, 0.2) is 85.1 Å². The summed E-state index contributed by atoms with van der Waals surface area (Å²) in [5.41, 5.74) is 14.4. The van der Waals surface area contributed by atoms with Gasteiger partial charge in [0, 0.05) is 88.2 Å². The van der Waals surface area contributed by atoms with E-state index in [9.17, 15) is 9.90 Å². The molecule has 1 amide bonds. The maximum atomic E-state index is 13.9. The number of aromatic nitrogens is 3. The van der Waals surface area contributed by atoms with Crippen molar-refractivity contribution >= 4 is 34.0 Å². The number of nitrogens with one attached hydrogen (secondary N) is 1. The first-order valence-electron chi connectivity index (χ1n) is 21.8. The highest BCUT2D eigenvalue weighted by atomic mass is 16.5. The van der Waals surface area contributed by atoms with Crippen LogP contribution in [-0.2, 0) is 4.74 Å². The van der Waals surface area contributed by atoms with E-state index in [1.807, 2.05) is 53.3 Å². The van der Waals surface area contributed by atoms with Gasteiger partial charge in [0.1, 0.15) is 11.9 Å². The molecule has 0 spiro atoms. The van der Waals surface area contributed by atoms with E-state index in [1.165, 1.54) is 11.2 Å². The minimum absolute atomic E-state index is 0.0979. The fourth-order valence-corrected chi connectivity index (χ4v) is 9.46. The van der Waals surface area contributed by atoms with Crippen LogP contribution in [0.1, 0.15) is 67.7 Å². The average Bonchev–Trinajstić information content (AvgIpc) is 3.60. The lowest BCUT2D eigenvalue weighted by Gasteiger charge is -2.38. The van der Waals surface area contributed by atoms with Crippen molar-refractivity contribution in [3.63, 3.8) is 0 Å². The molecule has 0 saturated carbocycles. The van der Waals surface area contributed by atoms with Crippen LogP contribution >= 0.6 is 0 Å². The van der Waals surface area contributed by atoms with E-state index in [2.05, 4.69) is 67.1 Å². The number of morpholine rings is 1. The number of ether oxygens (including phenoxy) is 1. The van der Waals surface area contributed by atoms with Crippen molar-refractivity contribution in [3.8, 4) is 17.0 Å². The molecule has 3 atom stereocenters. The van der Waals surface area contributed by atoms with Gasteiger partial charge in [-0.1, -0.05) is 36.4 Å². The minimum atomic E-state index is -0.696. The standard InChI is InChI=1S/C46H55N9O3/c1-31-25-34(44-29-53(23-24-58-44)42-27-39(49-50-45(42)47)37-7-3-4-10-43(37)56)11-12-36(31)46(57)52-21-13-33(14-22-52)28-51-19-15-35(16-20-51)55-32(2)26-38-40(8-5-9-41(38)55)54-18-6-17-48-30-54/h3-12,18,25-27,33,35,44,48,56H,13-17,19-24,28-30H2,1-2H3,(H2,47,50)/i17D,30D/t17?,30-,44?/m1/s1. The molecule has 2 unspecified atom stereocenters. The summed E-state index contributed by atoms with van der Waals surface area (Å²) in [5.74, 6) is 1.13. The maximum Gasteiger partial charge on any atom is 0.254 e. The minimum Gasteiger partial charge on any atom is -0.507 e. The molecule has 12 heteroatoms. The number of carbonyl (C=O) groups is 1. The quantitative estimate of drug-likeness (QED) is 0.158. The Kier molecular flexibility index (Phi) is 10.1. The lowest BCUT2D eigenvalue weighted by atomic mass is 9.93. The van der Waals surface area contributed by atoms with E-state index in [4.69, 9.17) is 13.2 Å². The number of nitrogens with zero attached hydrogens (tertiary/aromatic N) is 7. The van der Waals surface area contributed by atoms with Crippen LogP contribution < -0.4 is 20.9 Å². The van der Waals surface area contributed by atoms with Crippen molar-refractivity contribution in [2.75, 3.05) is 81.1 Å². The molecule has 0 radical (unpaired) electrons. The van der Waals surface area contributed by atoms with Crippen molar-refractivity contribution in [2.45, 2.75) is 51.7 Å². The van der Waals surface area contributed by atoms with Gasteiger partial charge in [-0.15, -0.1) is 10.2 Å². The molecule has 4 N–H and O–H groups in total. The highest BCUT2D eigenvalue weighted by Crippen LogP contribution is 2.37. The summed E-state index contributed by atoms with van der Waals surface area (Å²) >= 11 is 0. The van der Waals surface area contributed by atoms with E-state index in [0.29, 0.717) is 48.7 Å². The number of likely N-dealkylation sites (tertiary alicyclic amines) is 2. The summed E-state index contributed by atoms with van der Waals surface area (Å²) < 4.78 is 25.2. The molecule has 5 aromatic rings. The first kappa shape index (κ1) is 35.7. The Bertz CT molecular complexity index is 2390. The van der Waals surface area contributed by atoms with Crippen molar-refractivity contribution in [1.82, 2.24) is 29.9 Å². The fourth-order valence-electron chi connectivity index (χ4n) is 9.46. The number of hydrogen-bond donors (Lipinski definition) is 3. The number of phenols is 1. The second-order valence-electron chi connectivity index (χ2n) is 16.2. The predicted octanol–water partition coefficient (Wildman–Crippen LogP) is 6.65. The summed E-state index contributed by atoms with van der Waals surface area (Å²) in [5, 5.41) is 23.0. The third kappa shape index (κ3) is 7.64. The van der Waals surface area contributed by atoms with Gasteiger partial charge in [-0.3, -0.25) is 10.1 Å². The topological polar surface area (TPSA) is 128 Å². The molecule has 12 nitrogen and oxygen atoms in total. The Morgan fingerprint density at radius 1 is 0.948 bits per heavy atom. The SMILES string of the molecule is [2H]C1C=CN(c2cccc3c2cc(C)n3C2CCN(CC3CCN(C(=O)c4ccc(C5CN(c6cc(-c7ccccc7O)nnc6N)CCO5)cc4C)CC3)CC2)[C@H]([2H])N1. The smallest absolute Gasteiger partial charge is 0.254 e. The lowest BCUT2D eigenvalue weighted by molar-refractivity contribution is 0.0397. The number of piperidine rings is 2. The largest absolute Gasteiger partial charge is 0.507 e. The molecule has 0 aliphatic carbocycles. The Balaban J connectivity index is 0.778. The number of benzene rings is 3. The number of fused-ring (bicyclic) bond motifs is 1. The zero-order chi connectivity index (χ0) is 41.5. The molecule has 4 aliphatic heterocycles. The first-order chi connectivity index (χ1) is 29.1. The van der Waals surface area contributed by atoms with Gasteiger partial charge in [-0.05, 0) is 99.0 Å². The van der Waals surface area contributed by atoms with Crippen molar-refractivity contribution < 1.29 is 17.4 Å². The molecule has 302 valence electrons. The zero-order valence-electron chi connectivity index (χ0n) is 35.4. The number of hydrogen-bond acceptors (Lipinski definition) is 10. The molecule has 2 aromatic heterocycles. The third-order valence-electron chi connectivity index (χ3n) is 12.6. The Labute approximate surface area is 343 Å². The Morgan fingerprint density at radius 2 is 1.78 bits per heavy atom. The number of aryl methyl sites for hydroxylation is 2. The van der Waals surface area contributed by atoms with E-state index >= 15 is 0 Å². The number of phenolic OH excluding ortho intramolecular Hbond substituents is 1. The molecule has 3 aromatic carbocycles. The summed E-state index contributed by atoms with van der Waals surface area (Å²) in [6, 6.07) is 24.0. The average molecular weight is 784 g/mol. The number of carbonyl (C=O) groups excluding carboxylic acids is 1. The van der Waals surface area contributed by atoms with Gasteiger partial charge in [0.05, 0.1) is 37.2 Å². The summed E-state index contributed by atoms with van der Waals surface area (Å²) in [6.07, 6.45) is 7.64. The van der Waals surface area contributed by atoms with Crippen LogP contribution in [-0.4, -0.2) is 101 Å². The van der Waals surface area contributed by atoms with Crippen molar-refractivity contribution in [3.05, 3.63) is 107 Å². The van der Waals surface area contributed by atoms with E-state index in [0.717, 1.165) is 91.9 Å². The molecular formula is C46H55N9O3. The van der Waals surface area contributed by atoms with Crippen molar-refractivity contribution in [1.29, 1.82) is 0 Å². The van der Waals surface area contributed by atoms with Gasteiger partial charge in [0.15, 0.2) is 5.82 Å². The van der Waals surface area contributed by atoms with E-state index in [1.54, 1.807) is 18.2 Å². The highest BCUT2D eigenvalue weighted by molar-refractivity contribution is 5.96. The number of nitrogens with two attached hydrogens (primary N) is 1. The summed E-state index contributed by atoms with van der Waals surface area (Å²) in [7, 11) is 0. The monoisotopic (exact) mass is 783 g/mol. The highest BCUT2D eigenvalue weighted by Gasteiger charge is 2.30. The summed E-state index contributed by atoms with van der Waals surface area (Å²) in [6.45, 7) is 9.39. The first-order valence-corrected chi connectivity index (χ1v) is 20.7. The Morgan fingerprint density at radius 3 is 2.57 bits per heavy atom. The molecule has 9 rings (SSSR count). The summed E-state index contributed by atoms with van der Waals surface area (Å²) in [4.78, 5) is 22.6. The van der Waals surface area contributed by atoms with Crippen molar-refractivity contribution in [2.24, 2.45) is 5.92 Å². The van der Waals surface area contributed by atoms with Crippen LogP contribution in [0.2, 0.25) is 0 Å². The molecule has 3 saturated heterocycles. The lowest BCUT2D eigenvalue weighted by Crippen LogP contribution is -2.43. The van der Waals surface area contributed by atoms with Gasteiger partial charge < -0.3 is 39.7 Å². The number of nitrogen functional groups attached to an aromatic ring is 1. The predicted molar refractivity (Wildman–Crippen MR) is 230 cm³/mol. The van der Waals surface area contributed by atoms with Gasteiger partial charge in [-0.2, -0.15) is 0 Å². The second-order valence-corrected chi connectivity index (χ2v) is 16.2. The number of rotatable bonds is 8. The van der Waals surface area contributed by atoms with Gasteiger partial charge in [0.25, 0.3) is 5.91 Å². The number of aromatic hydroxyl groups is 1. The molecule has 6 heterocycles. The fraction of sp³-hybridized carbons (Fsp3) is 0.413. The molecule has 3 fully saturated rings. The van der Waals surface area contributed by atoms with Crippen LogP contribution in [0.5, 0.6) is 5.75 Å². The molecule has 4 aliphatic rings. The normalized spacial score (nSPS) is 23.0. The molecule has 0 bridgehead atoms. The van der Waals surface area contributed by atoms with Crippen LogP contribution in [0, 0.1) is 19.8 Å². The Hall–Kier alpha value is -5.43. The van der Waals surface area contributed by atoms with Gasteiger partial charge in [-0.25, -0.2) is 0 Å². The molecular weight excluding hydrogens is 727 g/mol. The number of anilines is 3. The van der Waals surface area contributed by atoms with Crippen LogP contribution in [0.4, 0.5) is 17.2 Å². The van der Waals surface area contributed by atoms with Crippen LogP contribution in [0.25, 0.3) is 22.2 Å². The molecule has 58 heavy (non-hydrogen) atoms. The number of amides is 1. The van der Waals surface area contributed by atoms with Crippen LogP contribution in [0.3, 0.4) is 0 Å². The number of para-hydroxylation sites is 1.